The molecule has 11 heteroatoms. The van der Waals surface area contributed by atoms with Gasteiger partial charge in [0, 0.05) is 42.0 Å². The second-order valence-corrected chi connectivity index (χ2v) is 9.23. The Morgan fingerprint density at radius 2 is 1.97 bits per heavy atom. The van der Waals surface area contributed by atoms with E-state index < -0.39 is 12.2 Å². The molecule has 2 aromatic heterocycles. The van der Waals surface area contributed by atoms with E-state index in [0.29, 0.717) is 37.1 Å². The highest BCUT2D eigenvalue weighted by molar-refractivity contribution is 7.17. The molecular weight excluding hydrogens is 465 g/mol. The topological polar surface area (TPSA) is 50.6 Å². The van der Waals surface area contributed by atoms with Crippen LogP contribution in [0.15, 0.2) is 34.4 Å². The fraction of sp³-hybridized carbons (Fsp3) is 0.429. The zero-order chi connectivity index (χ0) is 22.5. The Bertz CT molecular complexity index is 1210. The Morgan fingerprint density at radius 1 is 1.19 bits per heavy atom. The van der Waals surface area contributed by atoms with Gasteiger partial charge in [-0.15, -0.1) is 11.3 Å². The number of rotatable bonds is 3. The molecule has 1 aromatic carbocycles. The molecule has 6 nitrogen and oxygen atoms in total. The van der Waals surface area contributed by atoms with Gasteiger partial charge in [0.15, 0.2) is 0 Å². The number of benzene rings is 1. The molecule has 1 atom stereocenters. The molecule has 5 rings (SSSR count). The van der Waals surface area contributed by atoms with Crippen LogP contribution in [0.1, 0.15) is 12.0 Å². The minimum atomic E-state index is -4.46. The van der Waals surface area contributed by atoms with Gasteiger partial charge in [-0.25, -0.2) is 0 Å². The van der Waals surface area contributed by atoms with Crippen molar-refractivity contribution in [2.45, 2.75) is 31.7 Å². The molecule has 1 fully saturated rings. The van der Waals surface area contributed by atoms with E-state index in [-0.39, 0.29) is 31.0 Å². The fourth-order valence-electron chi connectivity index (χ4n) is 4.29. The molecule has 0 aliphatic carbocycles. The van der Waals surface area contributed by atoms with Crippen LogP contribution >= 0.6 is 22.9 Å². The first-order chi connectivity index (χ1) is 15.3. The molecular formula is C21H20ClF3N4O2S. The van der Waals surface area contributed by atoms with E-state index in [1.54, 1.807) is 12.1 Å². The first-order valence-corrected chi connectivity index (χ1v) is 11.5. The van der Waals surface area contributed by atoms with Crippen LogP contribution in [0.5, 0.6) is 0 Å². The summed E-state index contributed by atoms with van der Waals surface area (Å²) in [6, 6.07) is 5.05. The zero-order valence-corrected chi connectivity index (χ0v) is 18.5. The standard InChI is InChI=1S/C21H20ClF3N4O2S/c22-14-1-2-16-15(9-14)13(12-32-16)11-29-17(21(23,24)25)3-4-28-19(30)10-18(26-20(28)29)27-5-7-31-8-6-27/h1-2,9-10,12,17H,3-8,11H2. The first-order valence-electron chi connectivity index (χ1n) is 10.2. The van der Waals surface area contributed by atoms with Crippen LogP contribution in [0.2, 0.25) is 5.02 Å². The number of alkyl halides is 3. The van der Waals surface area contributed by atoms with Gasteiger partial charge in [-0.1, -0.05) is 11.6 Å². The van der Waals surface area contributed by atoms with Crippen molar-refractivity contribution in [2.24, 2.45) is 0 Å². The fourth-order valence-corrected chi connectivity index (χ4v) is 5.40. The van der Waals surface area contributed by atoms with Crippen LogP contribution in [0.4, 0.5) is 24.9 Å². The maximum atomic E-state index is 14.0. The summed E-state index contributed by atoms with van der Waals surface area (Å²) in [6.45, 7) is 1.98. The van der Waals surface area contributed by atoms with Crippen LogP contribution in [-0.4, -0.2) is 48.1 Å². The highest BCUT2D eigenvalue weighted by Crippen LogP contribution is 2.37. The average Bonchev–Trinajstić information content (AvgIpc) is 3.15. The number of hydrogen-bond acceptors (Lipinski definition) is 6. The summed E-state index contributed by atoms with van der Waals surface area (Å²) in [7, 11) is 0. The lowest BCUT2D eigenvalue weighted by atomic mass is 10.1. The lowest BCUT2D eigenvalue weighted by Crippen LogP contribution is -2.52. The van der Waals surface area contributed by atoms with Crippen LogP contribution < -0.4 is 15.4 Å². The van der Waals surface area contributed by atoms with Crippen LogP contribution in [0, 0.1) is 0 Å². The molecule has 0 radical (unpaired) electrons. The quantitative estimate of drug-likeness (QED) is 0.555. The minimum absolute atomic E-state index is 0.0243. The van der Waals surface area contributed by atoms with Crippen LogP contribution in [-0.2, 0) is 17.8 Å². The molecule has 170 valence electrons. The van der Waals surface area contributed by atoms with Gasteiger partial charge in [-0.3, -0.25) is 9.36 Å². The molecule has 1 unspecified atom stereocenters. The van der Waals surface area contributed by atoms with Crippen molar-refractivity contribution < 1.29 is 17.9 Å². The van der Waals surface area contributed by atoms with E-state index in [1.807, 2.05) is 16.3 Å². The summed E-state index contributed by atoms with van der Waals surface area (Å²) in [6.07, 6.45) is -4.67. The van der Waals surface area contributed by atoms with E-state index in [1.165, 1.54) is 26.9 Å². The molecule has 0 amide bonds. The molecule has 32 heavy (non-hydrogen) atoms. The lowest BCUT2D eigenvalue weighted by Gasteiger charge is -2.39. The van der Waals surface area contributed by atoms with Crippen molar-refractivity contribution in [3.8, 4) is 0 Å². The molecule has 4 heterocycles. The van der Waals surface area contributed by atoms with Crippen molar-refractivity contribution in [1.82, 2.24) is 9.55 Å². The predicted molar refractivity (Wildman–Crippen MR) is 119 cm³/mol. The number of halogens is 4. The summed E-state index contributed by atoms with van der Waals surface area (Å²) in [4.78, 5) is 20.5. The summed E-state index contributed by atoms with van der Waals surface area (Å²) in [5.74, 6) is 0.435. The molecule has 0 spiro atoms. The maximum Gasteiger partial charge on any atom is 0.408 e. The van der Waals surface area contributed by atoms with Crippen molar-refractivity contribution in [1.29, 1.82) is 0 Å². The Hall–Kier alpha value is -2.30. The SMILES string of the molecule is O=c1cc(N2CCOCC2)nc2n1CCC(C(F)(F)F)N2Cc1csc2ccc(Cl)cc12. The normalized spacial score (nSPS) is 19.4. The Balaban J connectivity index is 1.60. The van der Waals surface area contributed by atoms with E-state index in [4.69, 9.17) is 16.3 Å². The zero-order valence-electron chi connectivity index (χ0n) is 16.9. The Morgan fingerprint density at radius 3 is 2.72 bits per heavy atom. The summed E-state index contributed by atoms with van der Waals surface area (Å²) in [5, 5.41) is 3.18. The number of fused-ring (bicyclic) bond motifs is 2. The lowest BCUT2D eigenvalue weighted by molar-refractivity contribution is -0.153. The average molecular weight is 485 g/mol. The maximum absolute atomic E-state index is 14.0. The van der Waals surface area contributed by atoms with E-state index in [2.05, 4.69) is 4.98 Å². The second-order valence-electron chi connectivity index (χ2n) is 7.88. The molecule has 0 N–H and O–H groups in total. The predicted octanol–water partition coefficient (Wildman–Crippen LogP) is 4.29. The Labute approximate surface area is 190 Å². The van der Waals surface area contributed by atoms with Gasteiger partial charge in [-0.2, -0.15) is 18.2 Å². The number of anilines is 2. The number of ether oxygens (including phenoxy) is 1. The molecule has 2 aliphatic heterocycles. The number of nitrogens with zero attached hydrogens (tertiary/aromatic N) is 4. The van der Waals surface area contributed by atoms with Crippen molar-refractivity contribution in [3.63, 3.8) is 0 Å². The third-order valence-electron chi connectivity index (χ3n) is 5.90. The number of thiophene rings is 1. The third-order valence-corrected chi connectivity index (χ3v) is 7.15. The van der Waals surface area contributed by atoms with E-state index >= 15 is 0 Å². The minimum Gasteiger partial charge on any atom is -0.378 e. The second kappa shape index (κ2) is 8.24. The number of morpholine rings is 1. The largest absolute Gasteiger partial charge is 0.408 e. The first kappa shape index (κ1) is 21.5. The monoisotopic (exact) mass is 484 g/mol. The van der Waals surface area contributed by atoms with E-state index in [9.17, 15) is 18.0 Å². The van der Waals surface area contributed by atoms with Gasteiger partial charge < -0.3 is 14.5 Å². The molecule has 3 aromatic rings. The van der Waals surface area contributed by atoms with Crippen molar-refractivity contribution >= 4 is 44.8 Å². The van der Waals surface area contributed by atoms with Crippen LogP contribution in [0.3, 0.4) is 0 Å². The summed E-state index contributed by atoms with van der Waals surface area (Å²) >= 11 is 7.59. The van der Waals surface area contributed by atoms with Gasteiger partial charge in [-0.05, 0) is 40.9 Å². The van der Waals surface area contributed by atoms with Crippen LogP contribution in [0.25, 0.3) is 10.1 Å². The van der Waals surface area contributed by atoms with Gasteiger partial charge in [0.1, 0.15) is 11.9 Å². The molecule has 1 saturated heterocycles. The van der Waals surface area contributed by atoms with Gasteiger partial charge in [0.25, 0.3) is 5.56 Å². The van der Waals surface area contributed by atoms with Crippen molar-refractivity contribution in [3.05, 3.63) is 50.6 Å². The van der Waals surface area contributed by atoms with Gasteiger partial charge >= 0.3 is 6.18 Å². The van der Waals surface area contributed by atoms with Crippen molar-refractivity contribution in [2.75, 3.05) is 36.1 Å². The van der Waals surface area contributed by atoms with E-state index in [0.717, 1.165) is 15.6 Å². The molecule has 0 saturated carbocycles. The van der Waals surface area contributed by atoms with Gasteiger partial charge in [0.2, 0.25) is 5.95 Å². The molecule has 2 aliphatic rings. The number of aromatic nitrogens is 2. The molecule has 0 bridgehead atoms. The number of hydrogen-bond donors (Lipinski definition) is 0. The van der Waals surface area contributed by atoms with Gasteiger partial charge in [0.05, 0.1) is 13.2 Å². The third kappa shape index (κ3) is 3.95. The summed E-state index contributed by atoms with van der Waals surface area (Å²) < 4.78 is 49.8. The smallest absolute Gasteiger partial charge is 0.378 e. The highest BCUT2D eigenvalue weighted by atomic mass is 35.5. The highest BCUT2D eigenvalue weighted by Gasteiger charge is 2.47. The Kier molecular flexibility index (Phi) is 5.55. The summed E-state index contributed by atoms with van der Waals surface area (Å²) in [5.41, 5.74) is 0.376.